The van der Waals surface area contributed by atoms with E-state index < -0.39 is 11.9 Å². The first-order valence-corrected chi connectivity index (χ1v) is 8.79. The first kappa shape index (κ1) is 17.5. The van der Waals surface area contributed by atoms with E-state index in [1.165, 1.54) is 5.56 Å². The largest absolute Gasteiger partial charge is 0.481 e. The molecule has 134 valence electrons. The van der Waals surface area contributed by atoms with Crippen LogP contribution in [0.4, 0.5) is 0 Å². The molecule has 0 aliphatic carbocycles. The van der Waals surface area contributed by atoms with Crippen LogP contribution in [0.1, 0.15) is 30.4 Å². The maximum Gasteiger partial charge on any atom is 0.308 e. The Hall–Kier alpha value is -2.37. The molecule has 0 bridgehead atoms. The summed E-state index contributed by atoms with van der Waals surface area (Å²) in [5.41, 5.74) is 2.22. The summed E-state index contributed by atoms with van der Waals surface area (Å²) in [6, 6.07) is 8.02. The molecule has 0 unspecified atom stereocenters. The van der Waals surface area contributed by atoms with Gasteiger partial charge in [-0.1, -0.05) is 29.8 Å². The highest BCUT2D eigenvalue weighted by atomic mass is 16.4. The fraction of sp³-hybridized carbons (Fsp3) is 0.526. The highest BCUT2D eigenvalue weighted by Crippen LogP contribution is 2.25. The van der Waals surface area contributed by atoms with Crippen molar-refractivity contribution in [2.45, 2.75) is 32.7 Å². The Morgan fingerprint density at radius 1 is 1.16 bits per heavy atom. The number of nitrogens with zero attached hydrogens (tertiary/aromatic N) is 2. The minimum atomic E-state index is -0.846. The van der Waals surface area contributed by atoms with E-state index in [1.54, 1.807) is 9.80 Å². The van der Waals surface area contributed by atoms with Gasteiger partial charge in [-0.15, -0.1) is 0 Å². The van der Waals surface area contributed by atoms with Crippen LogP contribution in [0.2, 0.25) is 0 Å². The summed E-state index contributed by atoms with van der Waals surface area (Å²) in [7, 11) is 0. The van der Waals surface area contributed by atoms with E-state index >= 15 is 0 Å². The topological polar surface area (TPSA) is 77.9 Å². The van der Waals surface area contributed by atoms with Crippen molar-refractivity contribution in [2.75, 3.05) is 19.6 Å². The van der Waals surface area contributed by atoms with Crippen molar-refractivity contribution in [3.8, 4) is 0 Å². The molecule has 2 fully saturated rings. The Labute approximate surface area is 147 Å². The van der Waals surface area contributed by atoms with Crippen LogP contribution in [0.25, 0.3) is 0 Å². The number of hydrogen-bond acceptors (Lipinski definition) is 3. The molecule has 2 aliphatic rings. The van der Waals surface area contributed by atoms with Gasteiger partial charge in [0.05, 0.1) is 11.8 Å². The lowest BCUT2D eigenvalue weighted by molar-refractivity contribution is -0.146. The number of benzene rings is 1. The van der Waals surface area contributed by atoms with Crippen molar-refractivity contribution in [1.82, 2.24) is 9.80 Å². The molecule has 25 heavy (non-hydrogen) atoms. The average molecular weight is 344 g/mol. The normalized spacial score (nSPS) is 23.8. The summed E-state index contributed by atoms with van der Waals surface area (Å²) in [5.74, 6) is -1.78. The van der Waals surface area contributed by atoms with Crippen LogP contribution in [0.3, 0.4) is 0 Å². The molecule has 0 radical (unpaired) electrons. The molecule has 0 aromatic heterocycles. The second-order valence-corrected chi connectivity index (χ2v) is 7.12. The van der Waals surface area contributed by atoms with Gasteiger partial charge in [0.15, 0.2) is 0 Å². The lowest BCUT2D eigenvalue weighted by Gasteiger charge is -2.32. The van der Waals surface area contributed by atoms with Crippen LogP contribution in [0.15, 0.2) is 24.3 Å². The van der Waals surface area contributed by atoms with Crippen LogP contribution < -0.4 is 0 Å². The lowest BCUT2D eigenvalue weighted by Crippen LogP contribution is -2.45. The van der Waals surface area contributed by atoms with Crippen molar-refractivity contribution in [1.29, 1.82) is 0 Å². The fourth-order valence-electron chi connectivity index (χ4n) is 3.64. The minimum absolute atomic E-state index is 0.00859. The van der Waals surface area contributed by atoms with Crippen molar-refractivity contribution >= 4 is 17.8 Å². The van der Waals surface area contributed by atoms with Crippen LogP contribution in [-0.4, -0.2) is 52.3 Å². The number of carbonyl (C=O) groups is 3. The van der Waals surface area contributed by atoms with Crippen LogP contribution in [0.5, 0.6) is 0 Å². The van der Waals surface area contributed by atoms with E-state index in [4.69, 9.17) is 0 Å². The van der Waals surface area contributed by atoms with E-state index in [9.17, 15) is 19.5 Å². The van der Waals surface area contributed by atoms with E-state index in [1.807, 2.05) is 31.2 Å². The molecule has 0 saturated carbocycles. The summed E-state index contributed by atoms with van der Waals surface area (Å²) >= 11 is 0. The van der Waals surface area contributed by atoms with E-state index in [0.717, 1.165) is 5.56 Å². The molecule has 1 aromatic carbocycles. The average Bonchev–Trinajstić information content (AvgIpc) is 2.97. The Balaban J connectivity index is 1.60. The van der Waals surface area contributed by atoms with Crippen LogP contribution in [-0.2, 0) is 20.9 Å². The zero-order valence-corrected chi connectivity index (χ0v) is 14.5. The van der Waals surface area contributed by atoms with Gasteiger partial charge in [-0.2, -0.15) is 0 Å². The number of carboxylic acid groups (broad SMARTS) is 1. The van der Waals surface area contributed by atoms with Crippen molar-refractivity contribution < 1.29 is 19.5 Å². The van der Waals surface area contributed by atoms with Gasteiger partial charge >= 0.3 is 5.97 Å². The predicted molar refractivity (Wildman–Crippen MR) is 91.6 cm³/mol. The Morgan fingerprint density at radius 3 is 2.56 bits per heavy atom. The van der Waals surface area contributed by atoms with Gasteiger partial charge in [0.25, 0.3) is 0 Å². The number of aryl methyl sites for hydroxylation is 1. The number of likely N-dealkylation sites (tertiary alicyclic amines) is 2. The smallest absolute Gasteiger partial charge is 0.308 e. The first-order valence-electron chi connectivity index (χ1n) is 8.79. The molecule has 2 amide bonds. The molecule has 0 spiro atoms. The molecule has 3 rings (SSSR count). The van der Waals surface area contributed by atoms with Gasteiger partial charge in [0.1, 0.15) is 0 Å². The van der Waals surface area contributed by atoms with Gasteiger partial charge in [-0.05, 0) is 25.3 Å². The maximum absolute atomic E-state index is 12.7. The van der Waals surface area contributed by atoms with Gasteiger partial charge in [-0.25, -0.2) is 0 Å². The van der Waals surface area contributed by atoms with Crippen molar-refractivity contribution in [3.05, 3.63) is 35.4 Å². The third kappa shape index (κ3) is 4.00. The van der Waals surface area contributed by atoms with Gasteiger partial charge in [0, 0.05) is 32.6 Å². The molecule has 2 aliphatic heterocycles. The highest BCUT2D eigenvalue weighted by molar-refractivity contribution is 5.89. The first-order chi connectivity index (χ1) is 11.9. The number of carbonyl (C=O) groups excluding carboxylic acids is 2. The molecular formula is C19H24N2O4. The quantitative estimate of drug-likeness (QED) is 0.901. The molecule has 2 saturated heterocycles. The number of piperidine rings is 1. The molecule has 1 N–H and O–H groups in total. The fourth-order valence-corrected chi connectivity index (χ4v) is 3.64. The monoisotopic (exact) mass is 344 g/mol. The SMILES string of the molecule is Cc1ccc(CN2C[C@H](C(=O)N3CCC[C@@H](C(=O)O)C3)CC2=O)cc1. The van der Waals surface area contributed by atoms with E-state index in [2.05, 4.69) is 0 Å². The maximum atomic E-state index is 12.7. The second-order valence-electron chi connectivity index (χ2n) is 7.12. The highest BCUT2D eigenvalue weighted by Gasteiger charge is 2.38. The van der Waals surface area contributed by atoms with Crippen molar-refractivity contribution in [3.63, 3.8) is 0 Å². The number of rotatable bonds is 4. The summed E-state index contributed by atoms with van der Waals surface area (Å²) in [5, 5.41) is 9.17. The Morgan fingerprint density at radius 2 is 1.88 bits per heavy atom. The van der Waals surface area contributed by atoms with E-state index in [0.29, 0.717) is 32.5 Å². The number of amides is 2. The summed E-state index contributed by atoms with van der Waals surface area (Å²) < 4.78 is 0. The molecule has 2 atom stereocenters. The summed E-state index contributed by atoms with van der Waals surface area (Å²) in [4.78, 5) is 39.5. The second kappa shape index (κ2) is 7.25. The standard InChI is InChI=1S/C19H24N2O4/c1-13-4-6-14(7-5-13)10-21-12-16(9-17(21)22)18(23)20-8-2-3-15(11-20)19(24)25/h4-7,15-16H,2-3,8-12H2,1H3,(H,24,25)/t15-,16-/m1/s1. The molecular weight excluding hydrogens is 320 g/mol. The van der Waals surface area contributed by atoms with Gasteiger partial charge in [0.2, 0.25) is 11.8 Å². The van der Waals surface area contributed by atoms with E-state index in [-0.39, 0.29) is 30.7 Å². The zero-order valence-electron chi connectivity index (χ0n) is 14.5. The Bertz CT molecular complexity index is 671. The molecule has 2 heterocycles. The molecule has 1 aromatic rings. The predicted octanol–water partition coefficient (Wildman–Crippen LogP) is 1.67. The minimum Gasteiger partial charge on any atom is -0.481 e. The number of hydrogen-bond donors (Lipinski definition) is 1. The molecule has 6 nitrogen and oxygen atoms in total. The summed E-state index contributed by atoms with van der Waals surface area (Å²) in [6.45, 7) is 3.80. The van der Waals surface area contributed by atoms with Crippen LogP contribution in [0, 0.1) is 18.8 Å². The van der Waals surface area contributed by atoms with Gasteiger partial charge < -0.3 is 14.9 Å². The van der Waals surface area contributed by atoms with Crippen LogP contribution >= 0.6 is 0 Å². The number of carboxylic acids is 1. The van der Waals surface area contributed by atoms with Gasteiger partial charge in [-0.3, -0.25) is 14.4 Å². The van der Waals surface area contributed by atoms with Crippen molar-refractivity contribution in [2.24, 2.45) is 11.8 Å². The summed E-state index contributed by atoms with van der Waals surface area (Å²) in [6.07, 6.45) is 1.54. The lowest BCUT2D eigenvalue weighted by atomic mass is 9.96. The third-order valence-corrected chi connectivity index (χ3v) is 5.14. The Kier molecular flexibility index (Phi) is 5.06. The zero-order chi connectivity index (χ0) is 18.0. The number of aliphatic carboxylic acids is 1. The molecule has 6 heteroatoms. The third-order valence-electron chi connectivity index (χ3n) is 5.14.